The molecule has 0 aliphatic carbocycles. The maximum Gasteiger partial charge on any atom is 0.169 e. The van der Waals surface area contributed by atoms with E-state index in [1.807, 2.05) is 24.4 Å². The Balaban J connectivity index is 2.25. The number of methoxy groups -OCH3 is 1. The van der Waals surface area contributed by atoms with Gasteiger partial charge < -0.3 is 14.8 Å². The Labute approximate surface area is 126 Å². The number of aromatic nitrogens is 1. The van der Waals surface area contributed by atoms with Crippen molar-refractivity contribution in [3.8, 4) is 17.2 Å². The Morgan fingerprint density at radius 3 is 2.67 bits per heavy atom. The van der Waals surface area contributed by atoms with Crippen LogP contribution in [0.5, 0.6) is 17.2 Å². The normalized spacial score (nSPS) is 10.4. The fourth-order valence-corrected chi connectivity index (χ4v) is 2.04. The standard InChI is InChI=1S/C17H22N2O2/c1-4-13-6-7-16(17(10-13)20-3)21-15-8-9-19-12-14(15)11-18-5-2/h6-10,12,18H,4-5,11H2,1-3H3. The predicted octanol–water partition coefficient (Wildman–Crippen LogP) is 3.55. The number of nitrogens with zero attached hydrogens (tertiary/aromatic N) is 1. The SMILES string of the molecule is CCNCc1cnccc1Oc1ccc(CC)cc1OC. The summed E-state index contributed by atoms with van der Waals surface area (Å²) < 4.78 is 11.4. The van der Waals surface area contributed by atoms with Crippen molar-refractivity contribution in [3.05, 3.63) is 47.8 Å². The van der Waals surface area contributed by atoms with Gasteiger partial charge in [0.25, 0.3) is 0 Å². The molecule has 0 unspecified atom stereocenters. The third-order valence-corrected chi connectivity index (χ3v) is 3.28. The minimum Gasteiger partial charge on any atom is -0.493 e. The summed E-state index contributed by atoms with van der Waals surface area (Å²) in [6.07, 6.45) is 4.53. The molecule has 0 aliphatic heterocycles. The molecule has 112 valence electrons. The number of hydrogen-bond acceptors (Lipinski definition) is 4. The second kappa shape index (κ2) is 7.64. The molecule has 0 bridgehead atoms. The maximum absolute atomic E-state index is 6.02. The van der Waals surface area contributed by atoms with E-state index in [0.717, 1.165) is 42.3 Å². The quantitative estimate of drug-likeness (QED) is 0.845. The molecule has 21 heavy (non-hydrogen) atoms. The van der Waals surface area contributed by atoms with Crippen molar-refractivity contribution in [2.45, 2.75) is 26.8 Å². The van der Waals surface area contributed by atoms with Gasteiger partial charge in [-0.1, -0.05) is 19.9 Å². The number of pyridine rings is 1. The van der Waals surface area contributed by atoms with Crippen LogP contribution in [-0.2, 0) is 13.0 Å². The van der Waals surface area contributed by atoms with Gasteiger partial charge in [0.2, 0.25) is 0 Å². The van der Waals surface area contributed by atoms with E-state index in [1.54, 1.807) is 13.3 Å². The van der Waals surface area contributed by atoms with Crippen LogP contribution < -0.4 is 14.8 Å². The molecule has 0 saturated carbocycles. The molecule has 0 spiro atoms. The van der Waals surface area contributed by atoms with E-state index in [1.165, 1.54) is 5.56 Å². The molecule has 0 aliphatic rings. The summed E-state index contributed by atoms with van der Waals surface area (Å²) in [7, 11) is 1.66. The van der Waals surface area contributed by atoms with Crippen molar-refractivity contribution in [1.29, 1.82) is 0 Å². The maximum atomic E-state index is 6.02. The summed E-state index contributed by atoms with van der Waals surface area (Å²) in [4.78, 5) is 4.16. The first kappa shape index (κ1) is 15.3. The Hall–Kier alpha value is -2.07. The van der Waals surface area contributed by atoms with Crippen LogP contribution in [0.25, 0.3) is 0 Å². The molecular formula is C17H22N2O2. The summed E-state index contributed by atoms with van der Waals surface area (Å²) in [6, 6.07) is 7.90. The topological polar surface area (TPSA) is 43.4 Å². The van der Waals surface area contributed by atoms with E-state index < -0.39 is 0 Å². The third kappa shape index (κ3) is 3.95. The van der Waals surface area contributed by atoms with Crippen LogP contribution in [0.4, 0.5) is 0 Å². The molecule has 2 rings (SSSR count). The van der Waals surface area contributed by atoms with Gasteiger partial charge in [0.05, 0.1) is 7.11 Å². The lowest BCUT2D eigenvalue weighted by Gasteiger charge is -2.14. The van der Waals surface area contributed by atoms with Crippen molar-refractivity contribution >= 4 is 0 Å². The largest absolute Gasteiger partial charge is 0.493 e. The fraction of sp³-hybridized carbons (Fsp3) is 0.353. The lowest BCUT2D eigenvalue weighted by molar-refractivity contribution is 0.376. The fourth-order valence-electron chi connectivity index (χ4n) is 2.04. The van der Waals surface area contributed by atoms with Crippen LogP contribution >= 0.6 is 0 Å². The van der Waals surface area contributed by atoms with Gasteiger partial charge in [-0.15, -0.1) is 0 Å². The summed E-state index contributed by atoms with van der Waals surface area (Å²) in [6.45, 7) is 5.83. The van der Waals surface area contributed by atoms with E-state index >= 15 is 0 Å². The molecule has 0 amide bonds. The zero-order valence-corrected chi connectivity index (χ0v) is 12.8. The van der Waals surface area contributed by atoms with Gasteiger partial charge in [-0.25, -0.2) is 0 Å². The van der Waals surface area contributed by atoms with E-state index in [4.69, 9.17) is 9.47 Å². The molecule has 2 aromatic rings. The second-order valence-electron chi connectivity index (χ2n) is 4.70. The van der Waals surface area contributed by atoms with E-state index in [9.17, 15) is 0 Å². The van der Waals surface area contributed by atoms with Gasteiger partial charge in [0.1, 0.15) is 5.75 Å². The Kier molecular flexibility index (Phi) is 5.58. The van der Waals surface area contributed by atoms with Crippen LogP contribution in [0, 0.1) is 0 Å². The van der Waals surface area contributed by atoms with Crippen molar-refractivity contribution in [2.24, 2.45) is 0 Å². The van der Waals surface area contributed by atoms with Gasteiger partial charge in [-0.2, -0.15) is 0 Å². The van der Waals surface area contributed by atoms with Crippen LogP contribution in [0.2, 0.25) is 0 Å². The smallest absolute Gasteiger partial charge is 0.169 e. The van der Waals surface area contributed by atoms with Crippen molar-refractivity contribution < 1.29 is 9.47 Å². The zero-order valence-electron chi connectivity index (χ0n) is 12.8. The first-order chi connectivity index (χ1) is 10.3. The van der Waals surface area contributed by atoms with E-state index in [2.05, 4.69) is 30.2 Å². The van der Waals surface area contributed by atoms with Crippen molar-refractivity contribution in [3.63, 3.8) is 0 Å². The van der Waals surface area contributed by atoms with Gasteiger partial charge in [-0.3, -0.25) is 4.98 Å². The summed E-state index contributed by atoms with van der Waals surface area (Å²) >= 11 is 0. The number of rotatable bonds is 7. The summed E-state index contributed by atoms with van der Waals surface area (Å²) in [5.74, 6) is 2.27. The lowest BCUT2D eigenvalue weighted by Crippen LogP contribution is -2.12. The number of nitrogens with one attached hydrogen (secondary N) is 1. The van der Waals surface area contributed by atoms with Gasteiger partial charge >= 0.3 is 0 Å². The average Bonchev–Trinajstić information content (AvgIpc) is 2.54. The second-order valence-corrected chi connectivity index (χ2v) is 4.70. The Morgan fingerprint density at radius 2 is 1.95 bits per heavy atom. The number of ether oxygens (including phenoxy) is 2. The predicted molar refractivity (Wildman–Crippen MR) is 84.1 cm³/mol. The van der Waals surface area contributed by atoms with Crippen molar-refractivity contribution in [2.75, 3.05) is 13.7 Å². The number of aryl methyl sites for hydroxylation is 1. The Morgan fingerprint density at radius 1 is 1.10 bits per heavy atom. The molecule has 4 heteroatoms. The molecule has 1 aromatic heterocycles. The molecule has 1 aromatic carbocycles. The molecule has 0 atom stereocenters. The van der Waals surface area contributed by atoms with Gasteiger partial charge in [0, 0.05) is 24.5 Å². The van der Waals surface area contributed by atoms with Crippen LogP contribution in [0.3, 0.4) is 0 Å². The molecule has 4 nitrogen and oxygen atoms in total. The van der Waals surface area contributed by atoms with Crippen molar-refractivity contribution in [1.82, 2.24) is 10.3 Å². The number of benzene rings is 1. The zero-order chi connectivity index (χ0) is 15.1. The lowest BCUT2D eigenvalue weighted by atomic mass is 10.1. The van der Waals surface area contributed by atoms with Crippen LogP contribution in [0.1, 0.15) is 25.0 Å². The van der Waals surface area contributed by atoms with E-state index in [-0.39, 0.29) is 0 Å². The molecular weight excluding hydrogens is 264 g/mol. The molecule has 0 fully saturated rings. The number of hydrogen-bond donors (Lipinski definition) is 1. The van der Waals surface area contributed by atoms with Crippen LogP contribution in [-0.4, -0.2) is 18.6 Å². The molecule has 1 heterocycles. The summed E-state index contributed by atoms with van der Waals surface area (Å²) in [5, 5.41) is 3.29. The highest BCUT2D eigenvalue weighted by Crippen LogP contribution is 2.33. The van der Waals surface area contributed by atoms with E-state index in [0.29, 0.717) is 0 Å². The monoisotopic (exact) mass is 286 g/mol. The molecule has 1 N–H and O–H groups in total. The first-order valence-electron chi connectivity index (χ1n) is 7.26. The summed E-state index contributed by atoms with van der Waals surface area (Å²) in [5.41, 5.74) is 2.25. The minimum atomic E-state index is 0.721. The average molecular weight is 286 g/mol. The molecule has 0 saturated heterocycles. The van der Waals surface area contributed by atoms with Gasteiger partial charge in [-0.05, 0) is 36.7 Å². The Bertz CT molecular complexity index is 585. The highest BCUT2D eigenvalue weighted by molar-refractivity contribution is 5.46. The highest BCUT2D eigenvalue weighted by Gasteiger charge is 2.09. The highest BCUT2D eigenvalue weighted by atomic mass is 16.5. The molecule has 0 radical (unpaired) electrons. The first-order valence-corrected chi connectivity index (χ1v) is 7.26. The van der Waals surface area contributed by atoms with Gasteiger partial charge in [0.15, 0.2) is 11.5 Å². The minimum absolute atomic E-state index is 0.721. The third-order valence-electron chi connectivity index (χ3n) is 3.28. The van der Waals surface area contributed by atoms with Crippen LogP contribution in [0.15, 0.2) is 36.7 Å².